The van der Waals surface area contributed by atoms with E-state index in [0.29, 0.717) is 5.65 Å². The van der Waals surface area contributed by atoms with Crippen LogP contribution in [-0.2, 0) is 16.9 Å². The van der Waals surface area contributed by atoms with Gasteiger partial charge in [-0.1, -0.05) is 0 Å². The Bertz CT molecular complexity index is 1000. The van der Waals surface area contributed by atoms with Crippen LogP contribution in [-0.4, -0.2) is 49.0 Å². The molecule has 0 fully saturated rings. The topological polar surface area (TPSA) is 138 Å². The first-order chi connectivity index (χ1) is 10.3. The van der Waals surface area contributed by atoms with Gasteiger partial charge in [-0.25, -0.2) is 18.0 Å². The number of fused-ring (bicyclic) bond motifs is 1. The standard InChI is InChI=1S/C10H9N7O4S/c1-15-8(17(18)19)5-11-9(15)10-13-12-6-3-4-7(14-16(6)10)22(2,20)21/h3-5H,1-2H3. The van der Waals surface area contributed by atoms with E-state index in [9.17, 15) is 18.5 Å². The van der Waals surface area contributed by atoms with E-state index >= 15 is 0 Å². The van der Waals surface area contributed by atoms with E-state index in [1.165, 1.54) is 28.3 Å². The Morgan fingerprint density at radius 3 is 2.55 bits per heavy atom. The molecule has 0 atom stereocenters. The van der Waals surface area contributed by atoms with E-state index in [4.69, 9.17) is 0 Å². The summed E-state index contributed by atoms with van der Waals surface area (Å²) in [5.41, 5.74) is 0.299. The zero-order valence-electron chi connectivity index (χ0n) is 11.4. The van der Waals surface area contributed by atoms with Crippen molar-refractivity contribution in [2.75, 3.05) is 6.26 Å². The average molecular weight is 323 g/mol. The number of rotatable bonds is 3. The number of nitro groups is 1. The maximum Gasteiger partial charge on any atom is 0.343 e. The molecular weight excluding hydrogens is 314 g/mol. The van der Waals surface area contributed by atoms with Crippen LogP contribution < -0.4 is 0 Å². The molecule has 0 unspecified atom stereocenters. The lowest BCUT2D eigenvalue weighted by atomic mass is 10.5. The molecule has 3 aromatic heterocycles. The van der Waals surface area contributed by atoms with Gasteiger partial charge < -0.3 is 10.1 Å². The molecule has 0 aliphatic rings. The molecule has 0 amide bonds. The van der Waals surface area contributed by atoms with Gasteiger partial charge in [0, 0.05) is 6.26 Å². The van der Waals surface area contributed by atoms with Crippen LogP contribution in [0.3, 0.4) is 0 Å². The van der Waals surface area contributed by atoms with E-state index in [1.807, 2.05) is 0 Å². The predicted molar refractivity (Wildman–Crippen MR) is 72.7 cm³/mol. The third-order valence-electron chi connectivity index (χ3n) is 2.97. The van der Waals surface area contributed by atoms with Gasteiger partial charge in [0.25, 0.3) is 5.82 Å². The Kier molecular flexibility index (Phi) is 2.91. The predicted octanol–water partition coefficient (Wildman–Crippen LogP) is -0.164. The molecule has 11 nitrogen and oxygen atoms in total. The van der Waals surface area contributed by atoms with Gasteiger partial charge in [-0.2, -0.15) is 9.61 Å². The summed E-state index contributed by atoms with van der Waals surface area (Å²) in [5, 5.41) is 22.4. The summed E-state index contributed by atoms with van der Waals surface area (Å²) in [7, 11) is -2.07. The van der Waals surface area contributed by atoms with Crippen molar-refractivity contribution in [3.8, 4) is 11.6 Å². The normalized spacial score (nSPS) is 11.9. The van der Waals surface area contributed by atoms with Gasteiger partial charge in [0.15, 0.2) is 20.5 Å². The molecule has 3 rings (SSSR count). The molecule has 0 radical (unpaired) electrons. The Labute approximate surface area is 123 Å². The Morgan fingerprint density at radius 2 is 1.95 bits per heavy atom. The van der Waals surface area contributed by atoms with Gasteiger partial charge in [-0.15, -0.1) is 10.2 Å². The molecule has 0 aromatic carbocycles. The summed E-state index contributed by atoms with van der Waals surface area (Å²) in [6, 6.07) is 2.75. The van der Waals surface area contributed by atoms with Crippen molar-refractivity contribution in [1.29, 1.82) is 0 Å². The van der Waals surface area contributed by atoms with E-state index < -0.39 is 14.8 Å². The zero-order chi connectivity index (χ0) is 16.1. The molecule has 0 N–H and O–H groups in total. The van der Waals surface area contributed by atoms with Gasteiger partial charge >= 0.3 is 5.82 Å². The summed E-state index contributed by atoms with van der Waals surface area (Å²) in [6.07, 6.45) is 2.10. The van der Waals surface area contributed by atoms with Crippen molar-refractivity contribution < 1.29 is 13.3 Å². The molecule has 114 valence electrons. The van der Waals surface area contributed by atoms with Crippen LogP contribution in [0.1, 0.15) is 0 Å². The van der Waals surface area contributed by atoms with Crippen molar-refractivity contribution in [2.24, 2.45) is 7.05 Å². The number of nitrogens with zero attached hydrogens (tertiary/aromatic N) is 7. The average Bonchev–Trinajstić information content (AvgIpc) is 3.00. The number of imidazole rings is 1. The van der Waals surface area contributed by atoms with Crippen LogP contribution in [0.5, 0.6) is 0 Å². The minimum Gasteiger partial charge on any atom is -0.358 e. The molecule has 22 heavy (non-hydrogen) atoms. The first-order valence-corrected chi connectivity index (χ1v) is 7.77. The van der Waals surface area contributed by atoms with E-state index in [0.717, 1.165) is 12.5 Å². The maximum atomic E-state index is 11.6. The summed E-state index contributed by atoms with van der Waals surface area (Å²) in [6.45, 7) is 0. The van der Waals surface area contributed by atoms with Crippen LogP contribution in [0.4, 0.5) is 5.82 Å². The second-order valence-electron chi connectivity index (χ2n) is 4.49. The lowest BCUT2D eigenvalue weighted by molar-refractivity contribution is -0.391. The van der Waals surface area contributed by atoms with Crippen LogP contribution in [0.25, 0.3) is 17.3 Å². The van der Waals surface area contributed by atoms with Crippen molar-refractivity contribution in [2.45, 2.75) is 5.03 Å². The van der Waals surface area contributed by atoms with E-state index in [2.05, 4.69) is 20.3 Å². The Hall–Kier alpha value is -2.89. The molecular formula is C10H9N7O4S. The first-order valence-electron chi connectivity index (χ1n) is 5.88. The molecule has 0 saturated carbocycles. The van der Waals surface area contributed by atoms with Crippen molar-refractivity contribution in [3.05, 3.63) is 28.4 Å². The van der Waals surface area contributed by atoms with Crippen molar-refractivity contribution >= 4 is 21.3 Å². The lowest BCUT2D eigenvalue weighted by Gasteiger charge is -2.00. The molecule has 3 aromatic rings. The lowest BCUT2D eigenvalue weighted by Crippen LogP contribution is -2.07. The van der Waals surface area contributed by atoms with E-state index in [-0.39, 0.29) is 22.5 Å². The zero-order valence-corrected chi connectivity index (χ0v) is 12.2. The van der Waals surface area contributed by atoms with Crippen LogP contribution in [0, 0.1) is 10.1 Å². The summed E-state index contributed by atoms with van der Waals surface area (Å²) in [4.78, 5) is 14.2. The molecule has 0 aliphatic carbocycles. The minimum absolute atomic E-state index is 0.108. The van der Waals surface area contributed by atoms with Gasteiger partial charge in [-0.05, 0) is 17.1 Å². The highest BCUT2D eigenvalue weighted by Crippen LogP contribution is 2.21. The first kappa shape index (κ1) is 14.1. The molecule has 0 saturated heterocycles. The highest BCUT2D eigenvalue weighted by Gasteiger charge is 2.23. The fraction of sp³-hybridized carbons (Fsp3) is 0.200. The molecule has 0 spiro atoms. The summed E-state index contributed by atoms with van der Waals surface area (Å²) in [5.74, 6) is 0.0273. The summed E-state index contributed by atoms with van der Waals surface area (Å²) < 4.78 is 25.6. The van der Waals surface area contributed by atoms with Gasteiger partial charge in [0.05, 0.1) is 7.05 Å². The fourth-order valence-corrected chi connectivity index (χ4v) is 2.43. The number of sulfone groups is 1. The highest BCUT2D eigenvalue weighted by atomic mass is 32.2. The number of hydrogen-bond acceptors (Lipinski definition) is 8. The number of aromatic nitrogens is 6. The third-order valence-corrected chi connectivity index (χ3v) is 3.95. The van der Waals surface area contributed by atoms with Gasteiger partial charge in [-0.3, -0.25) is 0 Å². The monoisotopic (exact) mass is 323 g/mol. The minimum atomic E-state index is -3.51. The maximum absolute atomic E-state index is 11.6. The SMILES string of the molecule is Cn1c([N+](=O)[O-])cnc1-c1nnc2ccc(S(C)(=O)=O)nn12. The second kappa shape index (κ2) is 4.56. The molecule has 3 heterocycles. The number of hydrogen-bond donors (Lipinski definition) is 0. The van der Waals surface area contributed by atoms with Gasteiger partial charge in [0.2, 0.25) is 5.82 Å². The van der Waals surface area contributed by atoms with Crippen molar-refractivity contribution in [3.63, 3.8) is 0 Å². The quantitative estimate of drug-likeness (QED) is 0.478. The highest BCUT2D eigenvalue weighted by molar-refractivity contribution is 7.90. The third kappa shape index (κ3) is 2.09. The van der Waals surface area contributed by atoms with E-state index in [1.54, 1.807) is 0 Å². The van der Waals surface area contributed by atoms with Crippen molar-refractivity contribution in [1.82, 2.24) is 29.4 Å². The molecule has 12 heteroatoms. The second-order valence-corrected chi connectivity index (χ2v) is 6.46. The van der Waals surface area contributed by atoms with Crippen LogP contribution in [0.15, 0.2) is 23.4 Å². The van der Waals surface area contributed by atoms with Gasteiger partial charge in [0.1, 0.15) is 6.20 Å². The largest absolute Gasteiger partial charge is 0.358 e. The Morgan fingerprint density at radius 1 is 1.23 bits per heavy atom. The van der Waals surface area contributed by atoms with Crippen LogP contribution >= 0.6 is 0 Å². The Balaban J connectivity index is 2.26. The molecule has 0 aliphatic heterocycles. The van der Waals surface area contributed by atoms with Crippen LogP contribution in [0.2, 0.25) is 0 Å². The smallest absolute Gasteiger partial charge is 0.343 e. The summed E-state index contributed by atoms with van der Waals surface area (Å²) >= 11 is 0. The fourth-order valence-electron chi connectivity index (χ4n) is 1.89. The molecule has 0 bridgehead atoms.